The molecule has 0 aromatic carbocycles. The molecule has 0 N–H and O–H groups in total. The van der Waals surface area contributed by atoms with Gasteiger partial charge in [0.05, 0.1) is 0 Å². The minimum atomic E-state index is -1.86. The van der Waals surface area contributed by atoms with E-state index in [0.717, 1.165) is 12.7 Å². The van der Waals surface area contributed by atoms with E-state index in [2.05, 4.69) is 26.2 Å². The number of hydrogen-bond acceptors (Lipinski definition) is 3. The molecule has 0 amide bonds. The average molecular weight is 287 g/mol. The third-order valence-electron chi connectivity index (χ3n) is 1.92. The van der Waals surface area contributed by atoms with Gasteiger partial charge in [0.15, 0.2) is 8.32 Å². The Bertz CT molecular complexity index is 151. The van der Waals surface area contributed by atoms with Crippen LogP contribution in [0.5, 0.6) is 0 Å². The minimum Gasteiger partial charge on any atom is -0.436 e. The van der Waals surface area contributed by atoms with Crippen molar-refractivity contribution >= 4 is 16.9 Å². The molecule has 3 nitrogen and oxygen atoms in total. The molecule has 0 rings (SSSR count). The maximum Gasteiger partial charge on any atom is 0.321 e. The van der Waals surface area contributed by atoms with Gasteiger partial charge in [0, 0.05) is 20.8 Å². The zero-order valence-electron chi connectivity index (χ0n) is 9.64. The lowest BCUT2D eigenvalue weighted by Crippen LogP contribution is -2.46. The predicted molar refractivity (Wildman–Crippen MR) is 86.7 cm³/mol. The standard InChI is InChI=1S/C8H22O3Si2.4CH4/c1-9-7-8-12(3,4)11-13(5,6)10-2;;;;/h7-8H2,1-6H3;4*1H4. The lowest BCUT2D eigenvalue weighted by molar-refractivity contribution is 0.210. The van der Waals surface area contributed by atoms with E-state index < -0.39 is 16.9 Å². The molecule has 0 aliphatic rings. The second kappa shape index (κ2) is 12.8. The van der Waals surface area contributed by atoms with Crippen LogP contribution in [-0.4, -0.2) is 37.7 Å². The molecule has 0 unspecified atom stereocenters. The van der Waals surface area contributed by atoms with E-state index in [9.17, 15) is 0 Å². The van der Waals surface area contributed by atoms with Crippen LogP contribution < -0.4 is 0 Å². The summed E-state index contributed by atoms with van der Waals surface area (Å²) in [5, 5.41) is 0. The highest BCUT2D eigenvalue weighted by atomic mass is 28.4. The first kappa shape index (κ1) is 30.4. The summed E-state index contributed by atoms with van der Waals surface area (Å²) in [6.07, 6.45) is 0. The first-order chi connectivity index (χ1) is 5.83. The van der Waals surface area contributed by atoms with Gasteiger partial charge in [-0.15, -0.1) is 0 Å². The highest BCUT2D eigenvalue weighted by Crippen LogP contribution is 2.18. The predicted octanol–water partition coefficient (Wildman–Crippen LogP) is 4.75. The summed E-state index contributed by atoms with van der Waals surface area (Å²) in [6, 6.07) is 1.03. The van der Waals surface area contributed by atoms with Gasteiger partial charge in [-0.3, -0.25) is 0 Å². The van der Waals surface area contributed by atoms with Gasteiger partial charge in [-0.25, -0.2) is 0 Å². The fourth-order valence-electron chi connectivity index (χ4n) is 1.11. The summed E-state index contributed by atoms with van der Waals surface area (Å²) in [6.45, 7) is 9.36. The summed E-state index contributed by atoms with van der Waals surface area (Å²) in [5.74, 6) is 0. The molecule has 0 aromatic rings. The van der Waals surface area contributed by atoms with Gasteiger partial charge < -0.3 is 13.3 Å². The van der Waals surface area contributed by atoms with Crippen LogP contribution in [0.4, 0.5) is 0 Å². The normalized spacial score (nSPS) is 10.2. The Balaban J connectivity index is -0.000000120. The summed E-state index contributed by atoms with van der Waals surface area (Å²) < 4.78 is 16.5. The van der Waals surface area contributed by atoms with Gasteiger partial charge in [0.1, 0.15) is 0 Å². The number of ether oxygens (including phenoxy) is 1. The molecular formula is C12H38O3Si2. The van der Waals surface area contributed by atoms with Crippen molar-refractivity contribution in [2.24, 2.45) is 0 Å². The summed E-state index contributed by atoms with van der Waals surface area (Å²) in [5.41, 5.74) is 0. The SMILES string of the molecule is C.C.C.C.COCC[Si](C)(C)O[Si](C)(C)OC. The average Bonchev–Trinajstić information content (AvgIpc) is 1.99. The summed E-state index contributed by atoms with van der Waals surface area (Å²) in [4.78, 5) is 0. The molecule has 0 heterocycles. The maximum absolute atomic E-state index is 6.05. The molecule has 0 fully saturated rings. The van der Waals surface area contributed by atoms with Crippen LogP contribution in [0, 0.1) is 0 Å². The fraction of sp³-hybridized carbons (Fsp3) is 1.00. The maximum atomic E-state index is 6.05. The fourth-order valence-corrected chi connectivity index (χ4v) is 7.87. The van der Waals surface area contributed by atoms with E-state index in [1.807, 2.05) is 0 Å². The molecule has 0 aliphatic carbocycles. The van der Waals surface area contributed by atoms with Gasteiger partial charge in [-0.2, -0.15) is 0 Å². The third-order valence-corrected chi connectivity index (χ3v) is 8.49. The van der Waals surface area contributed by atoms with Gasteiger partial charge in [-0.05, 0) is 32.2 Å². The molecule has 0 spiro atoms. The highest BCUT2D eigenvalue weighted by Gasteiger charge is 2.33. The topological polar surface area (TPSA) is 27.7 Å². The largest absolute Gasteiger partial charge is 0.436 e. The van der Waals surface area contributed by atoms with Gasteiger partial charge in [0.25, 0.3) is 0 Å². The van der Waals surface area contributed by atoms with Crippen LogP contribution in [0.25, 0.3) is 0 Å². The second-order valence-electron chi connectivity index (χ2n) is 4.21. The van der Waals surface area contributed by atoms with Crippen molar-refractivity contribution in [3.05, 3.63) is 0 Å². The van der Waals surface area contributed by atoms with Crippen molar-refractivity contribution in [1.29, 1.82) is 0 Å². The molecule has 0 aromatic heterocycles. The van der Waals surface area contributed by atoms with Crippen LogP contribution in [0.2, 0.25) is 32.2 Å². The summed E-state index contributed by atoms with van der Waals surface area (Å²) in [7, 11) is 0.0293. The molecule has 0 saturated carbocycles. The van der Waals surface area contributed by atoms with Crippen molar-refractivity contribution in [1.82, 2.24) is 0 Å². The van der Waals surface area contributed by atoms with E-state index in [-0.39, 0.29) is 29.7 Å². The Morgan fingerprint density at radius 3 is 1.53 bits per heavy atom. The number of methoxy groups -OCH3 is 1. The lowest BCUT2D eigenvalue weighted by atomic mass is 10.9. The Labute approximate surface area is 113 Å². The molecule has 0 atom stereocenters. The lowest BCUT2D eigenvalue weighted by Gasteiger charge is -2.32. The number of hydrogen-bond donors (Lipinski definition) is 0. The van der Waals surface area contributed by atoms with Crippen LogP contribution in [-0.2, 0) is 13.3 Å². The molecule has 0 bridgehead atoms. The van der Waals surface area contributed by atoms with Gasteiger partial charge >= 0.3 is 8.56 Å². The molecular weight excluding hydrogens is 248 g/mol. The number of rotatable bonds is 6. The molecule has 17 heavy (non-hydrogen) atoms. The Kier molecular flexibility index (Phi) is 22.8. The van der Waals surface area contributed by atoms with E-state index in [1.54, 1.807) is 14.2 Å². The van der Waals surface area contributed by atoms with Crippen LogP contribution >= 0.6 is 0 Å². The molecule has 0 saturated heterocycles. The van der Waals surface area contributed by atoms with Crippen LogP contribution in [0.3, 0.4) is 0 Å². The van der Waals surface area contributed by atoms with Gasteiger partial charge in [0.2, 0.25) is 0 Å². The van der Waals surface area contributed by atoms with Crippen LogP contribution in [0.1, 0.15) is 29.7 Å². The van der Waals surface area contributed by atoms with Gasteiger partial charge in [-0.1, -0.05) is 29.7 Å². The monoisotopic (exact) mass is 286 g/mol. The van der Waals surface area contributed by atoms with Crippen molar-refractivity contribution < 1.29 is 13.3 Å². The van der Waals surface area contributed by atoms with Crippen molar-refractivity contribution in [2.75, 3.05) is 20.8 Å². The Hall–Kier alpha value is 0.314. The van der Waals surface area contributed by atoms with Crippen molar-refractivity contribution in [3.63, 3.8) is 0 Å². The second-order valence-corrected chi connectivity index (χ2v) is 12.3. The van der Waals surface area contributed by atoms with Crippen LogP contribution in [0.15, 0.2) is 0 Å². The Morgan fingerprint density at radius 2 is 1.24 bits per heavy atom. The first-order valence-corrected chi connectivity index (χ1v) is 10.5. The zero-order valence-corrected chi connectivity index (χ0v) is 11.6. The Morgan fingerprint density at radius 1 is 0.824 bits per heavy atom. The van der Waals surface area contributed by atoms with E-state index in [0.29, 0.717) is 0 Å². The highest BCUT2D eigenvalue weighted by molar-refractivity contribution is 6.82. The van der Waals surface area contributed by atoms with Crippen molar-refractivity contribution in [3.8, 4) is 0 Å². The van der Waals surface area contributed by atoms with E-state index in [1.165, 1.54) is 0 Å². The van der Waals surface area contributed by atoms with Crippen molar-refractivity contribution in [2.45, 2.75) is 61.9 Å². The van der Waals surface area contributed by atoms with E-state index >= 15 is 0 Å². The zero-order chi connectivity index (χ0) is 10.5. The molecule has 5 heteroatoms. The minimum absolute atomic E-state index is 0. The smallest absolute Gasteiger partial charge is 0.321 e. The first-order valence-electron chi connectivity index (χ1n) is 4.57. The molecule has 0 aliphatic heterocycles. The van der Waals surface area contributed by atoms with E-state index in [4.69, 9.17) is 13.3 Å². The third kappa shape index (κ3) is 16.3. The molecule has 112 valence electrons. The summed E-state index contributed by atoms with van der Waals surface area (Å²) >= 11 is 0. The molecule has 0 radical (unpaired) electrons. The quantitative estimate of drug-likeness (QED) is 0.660.